The van der Waals surface area contributed by atoms with Gasteiger partial charge in [-0.25, -0.2) is 0 Å². The quantitative estimate of drug-likeness (QED) is 0.638. The molecule has 4 heteroatoms. The van der Waals surface area contributed by atoms with Crippen LogP contribution in [0.1, 0.15) is 34.1 Å². The zero-order valence-corrected chi connectivity index (χ0v) is 10.6. The van der Waals surface area contributed by atoms with E-state index in [1.54, 1.807) is 0 Å². The van der Waals surface area contributed by atoms with Crippen LogP contribution in [0.3, 0.4) is 0 Å². The van der Waals surface area contributed by atoms with Crippen molar-refractivity contribution in [1.29, 1.82) is 0 Å². The monoisotopic (exact) mass is 229 g/mol. The van der Waals surface area contributed by atoms with Gasteiger partial charge < -0.3 is 15.5 Å². The molecule has 0 aromatic rings. The highest BCUT2D eigenvalue weighted by atomic mass is 16.4. The summed E-state index contributed by atoms with van der Waals surface area (Å²) in [5, 5.41) is 21.0. The highest BCUT2D eigenvalue weighted by molar-refractivity contribution is 5.67. The van der Waals surface area contributed by atoms with Crippen LogP contribution < -0.4 is 5.32 Å². The van der Waals surface area contributed by atoms with Gasteiger partial charge in [0.25, 0.3) is 0 Å². The molecule has 0 spiro atoms. The molecule has 1 fully saturated rings. The van der Waals surface area contributed by atoms with Crippen LogP contribution in [-0.4, -0.2) is 35.4 Å². The van der Waals surface area contributed by atoms with Crippen LogP contribution in [0.15, 0.2) is 0 Å². The maximum atomic E-state index is 10.3. The van der Waals surface area contributed by atoms with Crippen molar-refractivity contribution in [2.24, 2.45) is 16.7 Å². The van der Waals surface area contributed by atoms with Crippen molar-refractivity contribution in [3.8, 4) is 0 Å². The topological polar surface area (TPSA) is 69.6 Å². The molecule has 1 aliphatic rings. The van der Waals surface area contributed by atoms with Crippen molar-refractivity contribution in [2.75, 3.05) is 13.1 Å². The van der Waals surface area contributed by atoms with E-state index in [0.717, 1.165) is 6.54 Å². The lowest BCUT2D eigenvalue weighted by Gasteiger charge is -2.10. The second kappa shape index (κ2) is 4.34. The molecule has 0 saturated heterocycles. The fourth-order valence-corrected chi connectivity index (χ4v) is 2.51. The van der Waals surface area contributed by atoms with Gasteiger partial charge in [-0.1, -0.05) is 27.7 Å². The van der Waals surface area contributed by atoms with Gasteiger partial charge in [-0.05, 0) is 23.3 Å². The number of carbonyl (C=O) groups is 1. The molecule has 16 heavy (non-hydrogen) atoms. The van der Waals surface area contributed by atoms with Gasteiger partial charge in [0.15, 0.2) is 0 Å². The summed E-state index contributed by atoms with van der Waals surface area (Å²) in [5.74, 6) is -0.363. The first-order valence-electron chi connectivity index (χ1n) is 5.80. The summed E-state index contributed by atoms with van der Waals surface area (Å²) in [6, 6.07) is 0. The lowest BCUT2D eigenvalue weighted by Crippen LogP contribution is -2.30. The maximum Gasteiger partial charge on any atom is 0.306 e. The lowest BCUT2D eigenvalue weighted by atomic mass is 10.0. The zero-order valence-electron chi connectivity index (χ0n) is 10.6. The summed E-state index contributed by atoms with van der Waals surface area (Å²) in [4.78, 5) is 10.3. The Morgan fingerprint density at radius 2 is 1.81 bits per heavy atom. The highest BCUT2D eigenvalue weighted by Gasteiger charge is 2.63. The van der Waals surface area contributed by atoms with Crippen LogP contribution >= 0.6 is 0 Å². The Morgan fingerprint density at radius 3 is 2.19 bits per heavy atom. The zero-order chi connectivity index (χ0) is 12.6. The van der Waals surface area contributed by atoms with Gasteiger partial charge in [0.05, 0.1) is 12.5 Å². The van der Waals surface area contributed by atoms with Crippen molar-refractivity contribution in [2.45, 2.75) is 40.2 Å². The number of rotatable bonds is 6. The Balaban J connectivity index is 2.21. The van der Waals surface area contributed by atoms with Crippen molar-refractivity contribution in [3.05, 3.63) is 0 Å². The number of hydrogen-bond acceptors (Lipinski definition) is 3. The summed E-state index contributed by atoms with van der Waals surface area (Å²) in [5.41, 5.74) is 0.662. The molecule has 1 rings (SSSR count). The first kappa shape index (κ1) is 13.5. The van der Waals surface area contributed by atoms with Gasteiger partial charge in [0.2, 0.25) is 0 Å². The van der Waals surface area contributed by atoms with E-state index >= 15 is 0 Å². The normalized spacial score (nSPS) is 24.1. The molecule has 0 bridgehead atoms. The Bertz CT molecular complexity index is 259. The fraction of sp³-hybridized carbons (Fsp3) is 0.917. The van der Waals surface area contributed by atoms with Gasteiger partial charge in [0, 0.05) is 6.54 Å². The van der Waals surface area contributed by atoms with Crippen LogP contribution in [0, 0.1) is 16.7 Å². The van der Waals surface area contributed by atoms with Gasteiger partial charge >= 0.3 is 5.97 Å². The number of carboxylic acids is 1. The third-order valence-electron chi connectivity index (χ3n) is 4.46. The summed E-state index contributed by atoms with van der Waals surface area (Å²) in [6.45, 7) is 10.2. The molecule has 3 N–H and O–H groups in total. The average Bonchev–Trinajstić information content (AvgIpc) is 2.45. The molecule has 1 saturated carbocycles. The Hall–Kier alpha value is -0.610. The van der Waals surface area contributed by atoms with Crippen molar-refractivity contribution >= 4 is 5.97 Å². The van der Waals surface area contributed by atoms with Crippen LogP contribution in [0.2, 0.25) is 0 Å². The molecule has 0 radical (unpaired) electrons. The number of aliphatic hydroxyl groups excluding tert-OH is 1. The van der Waals surface area contributed by atoms with Gasteiger partial charge in [-0.15, -0.1) is 0 Å². The van der Waals surface area contributed by atoms with E-state index < -0.39 is 12.1 Å². The van der Waals surface area contributed by atoms with Gasteiger partial charge in [0.1, 0.15) is 0 Å². The number of hydrogen-bond donors (Lipinski definition) is 3. The summed E-state index contributed by atoms with van der Waals surface area (Å²) in [6.07, 6.45) is -0.979. The molecule has 0 aromatic carbocycles. The van der Waals surface area contributed by atoms with Crippen molar-refractivity contribution < 1.29 is 15.0 Å². The predicted molar refractivity (Wildman–Crippen MR) is 62.2 cm³/mol. The largest absolute Gasteiger partial charge is 0.481 e. The van der Waals surface area contributed by atoms with Crippen molar-refractivity contribution in [1.82, 2.24) is 5.32 Å². The van der Waals surface area contributed by atoms with Gasteiger partial charge in [-0.3, -0.25) is 4.79 Å². The lowest BCUT2D eigenvalue weighted by molar-refractivity contribution is -0.139. The van der Waals surface area contributed by atoms with E-state index in [-0.39, 0.29) is 6.42 Å². The molecular formula is C12H23NO3. The van der Waals surface area contributed by atoms with Crippen molar-refractivity contribution in [3.63, 3.8) is 0 Å². The van der Waals surface area contributed by atoms with Crippen LogP contribution in [0.4, 0.5) is 0 Å². The third kappa shape index (κ3) is 2.55. The predicted octanol–water partition coefficient (Wildman–Crippen LogP) is 1.09. The minimum absolute atomic E-state index is 0.190. The van der Waals surface area contributed by atoms with Crippen LogP contribution in [0.5, 0.6) is 0 Å². The Morgan fingerprint density at radius 1 is 1.31 bits per heavy atom. The van der Waals surface area contributed by atoms with E-state index in [0.29, 0.717) is 23.3 Å². The molecule has 0 amide bonds. The molecule has 94 valence electrons. The number of nitrogens with one attached hydrogen (secondary N) is 1. The van der Waals surface area contributed by atoms with E-state index in [1.165, 1.54) is 0 Å². The molecule has 0 aliphatic heterocycles. The van der Waals surface area contributed by atoms with E-state index in [1.807, 2.05) is 0 Å². The fourth-order valence-electron chi connectivity index (χ4n) is 2.51. The van der Waals surface area contributed by atoms with Crippen LogP contribution in [-0.2, 0) is 4.79 Å². The second-order valence-electron chi connectivity index (χ2n) is 5.91. The molecule has 1 aliphatic carbocycles. The second-order valence-corrected chi connectivity index (χ2v) is 5.91. The molecule has 4 nitrogen and oxygen atoms in total. The Labute approximate surface area is 97.0 Å². The number of carboxylic acid groups (broad SMARTS) is 1. The Kier molecular flexibility index (Phi) is 3.65. The molecule has 0 aromatic heterocycles. The smallest absolute Gasteiger partial charge is 0.306 e. The number of aliphatic carboxylic acids is 1. The van der Waals surface area contributed by atoms with Crippen LogP contribution in [0.25, 0.3) is 0 Å². The highest BCUT2D eigenvalue weighted by Crippen LogP contribution is 2.67. The molecule has 0 heterocycles. The standard InChI is InChI=1S/C12H23NO3/c1-11(2)9(12(11,3)4)7-13-6-8(14)5-10(15)16/h8-9,13-14H,5-7H2,1-4H3,(H,15,16). The summed E-state index contributed by atoms with van der Waals surface area (Å²) >= 11 is 0. The van der Waals surface area contributed by atoms with Gasteiger partial charge in [-0.2, -0.15) is 0 Å². The average molecular weight is 229 g/mol. The van der Waals surface area contributed by atoms with E-state index in [4.69, 9.17) is 5.11 Å². The van der Waals surface area contributed by atoms with E-state index in [9.17, 15) is 9.90 Å². The minimum atomic E-state index is -0.957. The first-order chi connectivity index (χ1) is 7.19. The molecule has 1 unspecified atom stereocenters. The maximum absolute atomic E-state index is 10.3. The minimum Gasteiger partial charge on any atom is -0.481 e. The molecular weight excluding hydrogens is 206 g/mol. The molecule has 1 atom stereocenters. The third-order valence-corrected chi connectivity index (χ3v) is 4.46. The van der Waals surface area contributed by atoms with E-state index in [2.05, 4.69) is 33.0 Å². The first-order valence-corrected chi connectivity index (χ1v) is 5.80. The summed E-state index contributed by atoms with van der Waals surface area (Å²) in [7, 11) is 0. The SMILES string of the molecule is CC1(C)C(CNCC(O)CC(=O)O)C1(C)C. The number of aliphatic hydroxyl groups is 1. The summed E-state index contributed by atoms with van der Waals surface area (Å²) < 4.78 is 0.